The van der Waals surface area contributed by atoms with E-state index in [-0.39, 0.29) is 23.7 Å². The minimum atomic E-state index is -0.232. The van der Waals surface area contributed by atoms with E-state index in [4.69, 9.17) is 10.5 Å². The molecule has 4 heteroatoms. The molecule has 1 aliphatic heterocycles. The second-order valence-corrected chi connectivity index (χ2v) is 5.02. The lowest BCUT2D eigenvalue weighted by atomic mass is 9.81. The maximum absolute atomic E-state index is 11.2. The molecular formula is C12H24N2O2. The van der Waals surface area contributed by atoms with Gasteiger partial charge in [-0.25, -0.2) is 0 Å². The predicted molar refractivity (Wildman–Crippen MR) is 64.1 cm³/mol. The SMILES string of the molecule is CCCNC1(CC(N)=O)CC(C)OC(C)C1. The molecule has 3 N–H and O–H groups in total. The van der Waals surface area contributed by atoms with Crippen LogP contribution in [0.3, 0.4) is 0 Å². The van der Waals surface area contributed by atoms with Gasteiger partial charge in [0.1, 0.15) is 0 Å². The van der Waals surface area contributed by atoms with Crippen molar-refractivity contribution >= 4 is 5.91 Å². The van der Waals surface area contributed by atoms with Crippen LogP contribution in [0.1, 0.15) is 46.5 Å². The molecule has 2 unspecified atom stereocenters. The van der Waals surface area contributed by atoms with Gasteiger partial charge in [-0.05, 0) is 39.7 Å². The van der Waals surface area contributed by atoms with Crippen LogP contribution in [0.4, 0.5) is 0 Å². The van der Waals surface area contributed by atoms with Gasteiger partial charge >= 0.3 is 0 Å². The monoisotopic (exact) mass is 228 g/mol. The molecule has 0 aromatic heterocycles. The van der Waals surface area contributed by atoms with Gasteiger partial charge in [-0.3, -0.25) is 4.79 Å². The smallest absolute Gasteiger partial charge is 0.219 e. The lowest BCUT2D eigenvalue weighted by molar-refractivity contribution is -0.123. The number of rotatable bonds is 5. The second kappa shape index (κ2) is 5.64. The molecule has 0 aliphatic carbocycles. The third kappa shape index (κ3) is 3.76. The topological polar surface area (TPSA) is 64.3 Å². The van der Waals surface area contributed by atoms with Gasteiger partial charge in [0.15, 0.2) is 0 Å². The van der Waals surface area contributed by atoms with E-state index in [0.29, 0.717) is 6.42 Å². The second-order valence-electron chi connectivity index (χ2n) is 5.02. The Morgan fingerprint density at radius 3 is 2.44 bits per heavy atom. The lowest BCUT2D eigenvalue weighted by Gasteiger charge is -2.43. The van der Waals surface area contributed by atoms with E-state index in [0.717, 1.165) is 25.8 Å². The minimum absolute atomic E-state index is 0.154. The van der Waals surface area contributed by atoms with E-state index in [1.165, 1.54) is 0 Å². The van der Waals surface area contributed by atoms with Crippen LogP contribution in [0.25, 0.3) is 0 Å². The first-order valence-electron chi connectivity index (χ1n) is 6.16. The molecule has 1 saturated heterocycles. The zero-order valence-electron chi connectivity index (χ0n) is 10.6. The molecule has 16 heavy (non-hydrogen) atoms. The Balaban J connectivity index is 2.71. The summed E-state index contributed by atoms with van der Waals surface area (Å²) in [5, 5.41) is 3.50. The third-order valence-corrected chi connectivity index (χ3v) is 3.08. The summed E-state index contributed by atoms with van der Waals surface area (Å²) in [7, 11) is 0. The number of amides is 1. The largest absolute Gasteiger partial charge is 0.375 e. The Morgan fingerprint density at radius 2 is 2.00 bits per heavy atom. The highest BCUT2D eigenvalue weighted by Crippen LogP contribution is 2.31. The van der Waals surface area contributed by atoms with Crippen LogP contribution in [0.15, 0.2) is 0 Å². The van der Waals surface area contributed by atoms with E-state index in [2.05, 4.69) is 26.1 Å². The molecular weight excluding hydrogens is 204 g/mol. The summed E-state index contributed by atoms with van der Waals surface area (Å²) < 4.78 is 5.71. The van der Waals surface area contributed by atoms with Crippen molar-refractivity contribution < 1.29 is 9.53 Å². The number of nitrogens with one attached hydrogen (secondary N) is 1. The van der Waals surface area contributed by atoms with E-state index in [9.17, 15) is 4.79 Å². The Labute approximate surface area is 97.9 Å². The van der Waals surface area contributed by atoms with Crippen LogP contribution in [0, 0.1) is 0 Å². The van der Waals surface area contributed by atoms with Gasteiger partial charge in [0, 0.05) is 12.0 Å². The Kier molecular flexibility index (Phi) is 4.74. The molecule has 94 valence electrons. The molecule has 0 bridgehead atoms. The standard InChI is InChI=1S/C12H24N2O2/c1-4-5-14-12(8-11(13)15)6-9(2)16-10(3)7-12/h9-10,14H,4-8H2,1-3H3,(H2,13,15). The van der Waals surface area contributed by atoms with Crippen molar-refractivity contribution in [2.75, 3.05) is 6.54 Å². The summed E-state index contributed by atoms with van der Waals surface area (Å²) in [6.45, 7) is 7.15. The fraction of sp³-hybridized carbons (Fsp3) is 0.917. The van der Waals surface area contributed by atoms with E-state index < -0.39 is 0 Å². The zero-order chi connectivity index (χ0) is 12.2. The van der Waals surface area contributed by atoms with Gasteiger partial charge in [-0.15, -0.1) is 0 Å². The van der Waals surface area contributed by atoms with Crippen LogP contribution < -0.4 is 11.1 Å². The summed E-state index contributed by atoms with van der Waals surface area (Å²) >= 11 is 0. The number of carbonyl (C=O) groups is 1. The molecule has 0 saturated carbocycles. The molecule has 0 aromatic carbocycles. The number of primary amides is 1. The summed E-state index contributed by atoms with van der Waals surface area (Å²) in [6, 6.07) is 0. The van der Waals surface area contributed by atoms with Crippen LogP contribution in [-0.2, 0) is 9.53 Å². The molecule has 1 rings (SSSR count). The van der Waals surface area contributed by atoms with Crippen LogP contribution >= 0.6 is 0 Å². The van der Waals surface area contributed by atoms with Gasteiger partial charge in [0.2, 0.25) is 5.91 Å². The van der Waals surface area contributed by atoms with E-state index >= 15 is 0 Å². The Bertz CT molecular complexity index is 233. The normalized spacial score (nSPS) is 34.9. The van der Waals surface area contributed by atoms with Crippen molar-refractivity contribution in [2.24, 2.45) is 5.73 Å². The van der Waals surface area contributed by atoms with Gasteiger partial charge in [0.25, 0.3) is 0 Å². The highest BCUT2D eigenvalue weighted by molar-refractivity contribution is 5.75. The number of hydrogen-bond donors (Lipinski definition) is 2. The van der Waals surface area contributed by atoms with Gasteiger partial charge in [-0.1, -0.05) is 6.92 Å². The summed E-state index contributed by atoms with van der Waals surface area (Å²) in [6.07, 6.45) is 3.57. The summed E-state index contributed by atoms with van der Waals surface area (Å²) in [5.41, 5.74) is 5.20. The molecule has 1 aliphatic rings. The molecule has 0 radical (unpaired) electrons. The fourth-order valence-electron chi connectivity index (χ4n) is 2.75. The molecule has 1 fully saturated rings. The van der Waals surface area contributed by atoms with Crippen molar-refractivity contribution in [2.45, 2.75) is 64.2 Å². The van der Waals surface area contributed by atoms with Crippen LogP contribution in [-0.4, -0.2) is 30.2 Å². The van der Waals surface area contributed by atoms with Gasteiger partial charge < -0.3 is 15.8 Å². The first kappa shape index (κ1) is 13.5. The lowest BCUT2D eigenvalue weighted by Crippen LogP contribution is -2.55. The highest BCUT2D eigenvalue weighted by atomic mass is 16.5. The van der Waals surface area contributed by atoms with E-state index in [1.807, 2.05) is 0 Å². The number of ether oxygens (including phenoxy) is 1. The molecule has 0 aromatic rings. The van der Waals surface area contributed by atoms with Crippen molar-refractivity contribution in [3.05, 3.63) is 0 Å². The van der Waals surface area contributed by atoms with Gasteiger partial charge in [0.05, 0.1) is 12.2 Å². The van der Waals surface area contributed by atoms with E-state index in [1.54, 1.807) is 0 Å². The average molecular weight is 228 g/mol. The maximum atomic E-state index is 11.2. The first-order chi connectivity index (χ1) is 7.47. The number of hydrogen-bond acceptors (Lipinski definition) is 3. The maximum Gasteiger partial charge on any atom is 0.219 e. The van der Waals surface area contributed by atoms with Crippen molar-refractivity contribution in [3.8, 4) is 0 Å². The first-order valence-corrected chi connectivity index (χ1v) is 6.16. The fourth-order valence-corrected chi connectivity index (χ4v) is 2.75. The minimum Gasteiger partial charge on any atom is -0.375 e. The van der Waals surface area contributed by atoms with Crippen molar-refractivity contribution in [3.63, 3.8) is 0 Å². The summed E-state index contributed by atoms with van der Waals surface area (Å²) in [4.78, 5) is 11.2. The van der Waals surface area contributed by atoms with Crippen molar-refractivity contribution in [1.82, 2.24) is 5.32 Å². The van der Waals surface area contributed by atoms with Crippen LogP contribution in [0.5, 0.6) is 0 Å². The highest BCUT2D eigenvalue weighted by Gasteiger charge is 2.39. The number of carbonyl (C=O) groups excluding carboxylic acids is 1. The zero-order valence-corrected chi connectivity index (χ0v) is 10.6. The van der Waals surface area contributed by atoms with Crippen LogP contribution in [0.2, 0.25) is 0 Å². The number of nitrogens with two attached hydrogens (primary N) is 1. The molecule has 0 spiro atoms. The molecule has 1 heterocycles. The van der Waals surface area contributed by atoms with Crippen molar-refractivity contribution in [1.29, 1.82) is 0 Å². The molecule has 2 atom stereocenters. The molecule has 1 amide bonds. The van der Waals surface area contributed by atoms with Gasteiger partial charge in [-0.2, -0.15) is 0 Å². The Morgan fingerprint density at radius 1 is 1.44 bits per heavy atom. The Hall–Kier alpha value is -0.610. The quantitative estimate of drug-likeness (QED) is 0.743. The average Bonchev–Trinajstić information content (AvgIpc) is 2.11. The summed E-state index contributed by atoms with van der Waals surface area (Å²) in [5.74, 6) is -0.232. The third-order valence-electron chi connectivity index (χ3n) is 3.08. The predicted octanol–water partition coefficient (Wildman–Crippen LogP) is 1.19. The molecule has 4 nitrogen and oxygen atoms in total.